The molecule has 0 aliphatic rings. The molecule has 2 nitrogen and oxygen atoms in total. The highest BCUT2D eigenvalue weighted by Gasteiger charge is 2.27. The lowest BCUT2D eigenvalue weighted by Crippen LogP contribution is -2.31. The lowest BCUT2D eigenvalue weighted by Gasteiger charge is -2.17. The van der Waals surface area contributed by atoms with Crippen LogP contribution in [-0.2, 0) is 11.2 Å². The first-order chi connectivity index (χ1) is 8.69. The van der Waals surface area contributed by atoms with E-state index in [2.05, 4.69) is 4.74 Å². The summed E-state index contributed by atoms with van der Waals surface area (Å²) in [4.78, 5) is 0. The molecule has 0 aromatic heterocycles. The van der Waals surface area contributed by atoms with Crippen molar-refractivity contribution in [3.8, 4) is 0 Å². The molecule has 0 aliphatic heterocycles. The molecule has 1 rings (SSSR count). The molecule has 5 heteroatoms. The third kappa shape index (κ3) is 5.61. The zero-order chi connectivity index (χ0) is 14.6. The summed E-state index contributed by atoms with van der Waals surface area (Å²) in [5.74, 6) is 0. The van der Waals surface area contributed by atoms with Gasteiger partial charge in [-0.15, -0.1) is 0 Å². The quantitative estimate of drug-likeness (QED) is 0.896. The molecule has 0 bridgehead atoms. The van der Waals surface area contributed by atoms with Crippen LogP contribution in [0.2, 0.25) is 0 Å². The maximum atomic E-state index is 11.9. The number of benzene rings is 1. The average molecular weight is 275 g/mol. The molecular formula is C14H20F3NO. The molecule has 0 fully saturated rings. The van der Waals surface area contributed by atoms with Gasteiger partial charge in [0.25, 0.3) is 0 Å². The number of hydrogen-bond acceptors (Lipinski definition) is 2. The van der Waals surface area contributed by atoms with Gasteiger partial charge in [-0.3, -0.25) is 0 Å². The summed E-state index contributed by atoms with van der Waals surface area (Å²) < 4.78 is 40.4. The van der Waals surface area contributed by atoms with Gasteiger partial charge in [0.1, 0.15) is 6.61 Å². The SMILES string of the molecule is Cc1cc(C)c(CC(N)COCC(F)(F)F)c(C)c1. The Balaban J connectivity index is 2.55. The van der Waals surface area contributed by atoms with Crippen LogP contribution < -0.4 is 5.73 Å². The van der Waals surface area contributed by atoms with E-state index in [0.717, 1.165) is 16.7 Å². The molecule has 19 heavy (non-hydrogen) atoms. The van der Waals surface area contributed by atoms with Crippen LogP contribution in [0.25, 0.3) is 0 Å². The van der Waals surface area contributed by atoms with Gasteiger partial charge in [-0.2, -0.15) is 13.2 Å². The molecular weight excluding hydrogens is 255 g/mol. The molecule has 0 spiro atoms. The summed E-state index contributed by atoms with van der Waals surface area (Å²) in [5.41, 5.74) is 10.3. The topological polar surface area (TPSA) is 35.2 Å². The van der Waals surface area contributed by atoms with Crippen LogP contribution >= 0.6 is 0 Å². The number of rotatable bonds is 5. The fourth-order valence-corrected chi connectivity index (χ4v) is 2.18. The van der Waals surface area contributed by atoms with E-state index in [-0.39, 0.29) is 6.61 Å². The molecule has 0 aliphatic carbocycles. The van der Waals surface area contributed by atoms with Gasteiger partial charge in [-0.1, -0.05) is 17.7 Å². The Labute approximate surface area is 111 Å². The van der Waals surface area contributed by atoms with Crippen molar-refractivity contribution in [1.82, 2.24) is 0 Å². The second-order valence-corrected chi connectivity index (χ2v) is 4.97. The second-order valence-electron chi connectivity index (χ2n) is 4.97. The minimum atomic E-state index is -4.30. The lowest BCUT2D eigenvalue weighted by molar-refractivity contribution is -0.174. The van der Waals surface area contributed by atoms with Crippen LogP contribution in [0.1, 0.15) is 22.3 Å². The smallest absolute Gasteiger partial charge is 0.370 e. The summed E-state index contributed by atoms with van der Waals surface area (Å²) in [6, 6.07) is 3.67. The molecule has 0 amide bonds. The summed E-state index contributed by atoms with van der Waals surface area (Å²) in [7, 11) is 0. The zero-order valence-corrected chi connectivity index (χ0v) is 11.5. The molecule has 0 heterocycles. The fourth-order valence-electron chi connectivity index (χ4n) is 2.18. The molecule has 0 saturated heterocycles. The van der Waals surface area contributed by atoms with Crippen molar-refractivity contribution in [3.63, 3.8) is 0 Å². The maximum absolute atomic E-state index is 11.9. The van der Waals surface area contributed by atoms with Crippen LogP contribution in [0.4, 0.5) is 13.2 Å². The highest BCUT2D eigenvalue weighted by molar-refractivity contribution is 5.37. The number of nitrogens with two attached hydrogens (primary N) is 1. The van der Waals surface area contributed by atoms with E-state index in [1.807, 2.05) is 32.9 Å². The van der Waals surface area contributed by atoms with Crippen LogP contribution in [0.3, 0.4) is 0 Å². The van der Waals surface area contributed by atoms with Gasteiger partial charge < -0.3 is 10.5 Å². The number of ether oxygens (including phenoxy) is 1. The van der Waals surface area contributed by atoms with E-state index in [4.69, 9.17) is 5.73 Å². The minimum Gasteiger partial charge on any atom is -0.370 e. The average Bonchev–Trinajstić information content (AvgIpc) is 2.21. The van der Waals surface area contributed by atoms with Crippen molar-refractivity contribution in [3.05, 3.63) is 34.4 Å². The largest absolute Gasteiger partial charge is 0.411 e. The summed E-state index contributed by atoms with van der Waals surface area (Å²) in [6.45, 7) is 4.65. The van der Waals surface area contributed by atoms with E-state index < -0.39 is 18.8 Å². The molecule has 2 N–H and O–H groups in total. The van der Waals surface area contributed by atoms with Crippen LogP contribution in [0, 0.1) is 20.8 Å². The van der Waals surface area contributed by atoms with Crippen molar-refractivity contribution < 1.29 is 17.9 Å². The minimum absolute atomic E-state index is 0.0910. The number of hydrogen-bond donors (Lipinski definition) is 1. The Morgan fingerprint density at radius 2 is 1.68 bits per heavy atom. The monoisotopic (exact) mass is 275 g/mol. The molecule has 0 saturated carbocycles. The molecule has 1 aromatic rings. The predicted octanol–water partition coefficient (Wildman–Crippen LogP) is 3.06. The van der Waals surface area contributed by atoms with Crippen LogP contribution in [0.15, 0.2) is 12.1 Å². The zero-order valence-electron chi connectivity index (χ0n) is 11.5. The molecule has 1 unspecified atom stereocenters. The van der Waals surface area contributed by atoms with Crippen LogP contribution in [0.5, 0.6) is 0 Å². The van der Waals surface area contributed by atoms with Gasteiger partial charge in [0.15, 0.2) is 0 Å². The first kappa shape index (κ1) is 16.0. The summed E-state index contributed by atoms with van der Waals surface area (Å²) in [5, 5.41) is 0. The first-order valence-electron chi connectivity index (χ1n) is 6.16. The summed E-state index contributed by atoms with van der Waals surface area (Å²) in [6.07, 6.45) is -3.77. The van der Waals surface area contributed by atoms with Crippen LogP contribution in [-0.4, -0.2) is 25.4 Å². The Kier molecular flexibility index (Phi) is 5.38. The van der Waals surface area contributed by atoms with E-state index >= 15 is 0 Å². The normalized spacial score (nSPS) is 13.6. The van der Waals surface area contributed by atoms with Crippen molar-refractivity contribution in [2.24, 2.45) is 5.73 Å². The van der Waals surface area contributed by atoms with E-state index in [0.29, 0.717) is 6.42 Å². The van der Waals surface area contributed by atoms with Gasteiger partial charge >= 0.3 is 6.18 Å². The first-order valence-corrected chi connectivity index (χ1v) is 6.16. The number of halogens is 3. The molecule has 1 atom stereocenters. The highest BCUT2D eigenvalue weighted by Crippen LogP contribution is 2.18. The number of aryl methyl sites for hydroxylation is 3. The van der Waals surface area contributed by atoms with Gasteiger partial charge in [-0.05, 0) is 43.9 Å². The third-order valence-corrected chi connectivity index (χ3v) is 2.90. The Morgan fingerprint density at radius 3 is 2.16 bits per heavy atom. The second kappa shape index (κ2) is 6.39. The van der Waals surface area contributed by atoms with Gasteiger partial charge in [0.05, 0.1) is 6.61 Å². The highest BCUT2D eigenvalue weighted by atomic mass is 19.4. The third-order valence-electron chi connectivity index (χ3n) is 2.90. The van der Waals surface area contributed by atoms with Crippen molar-refractivity contribution in [2.45, 2.75) is 39.4 Å². The van der Waals surface area contributed by atoms with Crippen molar-refractivity contribution in [1.29, 1.82) is 0 Å². The number of alkyl halides is 3. The Bertz CT molecular complexity index is 406. The lowest BCUT2D eigenvalue weighted by atomic mass is 9.95. The van der Waals surface area contributed by atoms with Gasteiger partial charge in [0.2, 0.25) is 0 Å². The van der Waals surface area contributed by atoms with E-state index in [9.17, 15) is 13.2 Å². The van der Waals surface area contributed by atoms with Crippen molar-refractivity contribution in [2.75, 3.05) is 13.2 Å². The van der Waals surface area contributed by atoms with E-state index in [1.54, 1.807) is 0 Å². The molecule has 0 radical (unpaired) electrons. The standard InChI is InChI=1S/C14H20F3NO/c1-9-4-10(2)13(11(3)5-9)6-12(18)7-19-8-14(15,16)17/h4-5,12H,6-8,18H2,1-3H3. The van der Waals surface area contributed by atoms with Gasteiger partial charge in [0, 0.05) is 6.04 Å². The maximum Gasteiger partial charge on any atom is 0.411 e. The molecule has 108 valence electrons. The predicted molar refractivity (Wildman–Crippen MR) is 69.2 cm³/mol. The van der Waals surface area contributed by atoms with Crippen molar-refractivity contribution >= 4 is 0 Å². The Morgan fingerprint density at radius 1 is 1.16 bits per heavy atom. The fraction of sp³-hybridized carbons (Fsp3) is 0.571. The van der Waals surface area contributed by atoms with Gasteiger partial charge in [-0.25, -0.2) is 0 Å². The Hall–Kier alpha value is -1.07. The molecule has 1 aromatic carbocycles. The van der Waals surface area contributed by atoms with E-state index in [1.165, 1.54) is 5.56 Å². The summed E-state index contributed by atoms with van der Waals surface area (Å²) >= 11 is 0.